The fourth-order valence-electron chi connectivity index (χ4n) is 3.92. The number of hydrogen-bond donors (Lipinski definition) is 3. The van der Waals surface area contributed by atoms with Crippen molar-refractivity contribution < 1.29 is 9.59 Å². The van der Waals surface area contributed by atoms with Gasteiger partial charge < -0.3 is 16.0 Å². The molecule has 0 bridgehead atoms. The van der Waals surface area contributed by atoms with Crippen LogP contribution in [0.3, 0.4) is 0 Å². The maximum Gasteiger partial charge on any atom is 0.253 e. The van der Waals surface area contributed by atoms with Crippen LogP contribution in [0.2, 0.25) is 0 Å². The third-order valence-corrected chi connectivity index (χ3v) is 6.11. The van der Waals surface area contributed by atoms with Crippen molar-refractivity contribution in [2.45, 2.75) is 32.7 Å². The van der Waals surface area contributed by atoms with E-state index in [0.29, 0.717) is 23.6 Å². The molecule has 0 atom stereocenters. The van der Waals surface area contributed by atoms with Gasteiger partial charge in [-0.2, -0.15) is 5.10 Å². The molecule has 0 aliphatic heterocycles. The van der Waals surface area contributed by atoms with Crippen molar-refractivity contribution in [2.75, 3.05) is 11.9 Å². The molecule has 2 heterocycles. The first-order valence-corrected chi connectivity index (χ1v) is 11.8. The van der Waals surface area contributed by atoms with E-state index in [2.05, 4.69) is 37.6 Å². The van der Waals surface area contributed by atoms with Crippen LogP contribution in [-0.4, -0.2) is 39.0 Å². The number of carbonyl (C=O) groups is 2. The number of carbonyl (C=O) groups excluding carboxylic acids is 2. The second kappa shape index (κ2) is 9.92. The molecule has 2 amide bonds. The number of rotatable bonds is 7. The Balaban J connectivity index is 1.39. The molecular formula is C28H26N6O2. The number of nitrogens with one attached hydrogen (secondary N) is 3. The van der Waals surface area contributed by atoms with E-state index in [0.717, 1.165) is 40.9 Å². The van der Waals surface area contributed by atoms with Crippen LogP contribution in [-0.2, 0) is 0 Å². The van der Waals surface area contributed by atoms with E-state index >= 15 is 0 Å². The summed E-state index contributed by atoms with van der Waals surface area (Å²) in [5.41, 5.74) is 11.2. The van der Waals surface area contributed by atoms with Crippen LogP contribution in [0.1, 0.15) is 44.8 Å². The lowest BCUT2D eigenvalue weighted by molar-refractivity contribution is 0.0945. The van der Waals surface area contributed by atoms with Gasteiger partial charge in [0.05, 0.1) is 23.8 Å². The summed E-state index contributed by atoms with van der Waals surface area (Å²) in [4.78, 5) is 25.6. The number of benzene rings is 1. The van der Waals surface area contributed by atoms with Gasteiger partial charge in [0.2, 0.25) is 5.95 Å². The monoisotopic (exact) mass is 478 g/mol. The normalized spacial score (nSPS) is 15.2. The molecule has 0 spiro atoms. The van der Waals surface area contributed by atoms with Crippen LogP contribution in [0, 0.1) is 13.8 Å². The quantitative estimate of drug-likeness (QED) is 0.445. The van der Waals surface area contributed by atoms with E-state index in [1.807, 2.05) is 48.6 Å². The Morgan fingerprint density at radius 1 is 1.11 bits per heavy atom. The van der Waals surface area contributed by atoms with Crippen molar-refractivity contribution in [3.8, 4) is 0 Å². The van der Waals surface area contributed by atoms with Gasteiger partial charge in [0.1, 0.15) is 0 Å². The predicted octanol–water partition coefficient (Wildman–Crippen LogP) is 4.07. The lowest BCUT2D eigenvalue weighted by Gasteiger charge is -2.13. The molecule has 0 unspecified atom stereocenters. The summed E-state index contributed by atoms with van der Waals surface area (Å²) in [6, 6.07) is 7.61. The van der Waals surface area contributed by atoms with Gasteiger partial charge in [0.25, 0.3) is 11.8 Å². The lowest BCUT2D eigenvalue weighted by Crippen LogP contribution is -2.25. The van der Waals surface area contributed by atoms with Gasteiger partial charge in [0.15, 0.2) is 0 Å². The zero-order valence-corrected chi connectivity index (χ0v) is 20.1. The summed E-state index contributed by atoms with van der Waals surface area (Å²) in [5, 5.41) is 17.7. The van der Waals surface area contributed by atoms with Gasteiger partial charge >= 0.3 is 0 Å². The first-order chi connectivity index (χ1) is 17.5. The zero-order chi connectivity index (χ0) is 25.1. The SMILES string of the molecule is Cc1ccc(C(=O)NC2CC2)cc1Nc1nncc2cc(C(=O)NCC3=C=CC=C=C/C=C\3)c(C)n12. The van der Waals surface area contributed by atoms with Crippen LogP contribution < -0.4 is 16.0 Å². The van der Waals surface area contributed by atoms with Gasteiger partial charge in [0, 0.05) is 28.6 Å². The number of allylic oxidation sites excluding steroid dienone is 2. The molecule has 3 N–H and O–H groups in total. The molecule has 0 radical (unpaired) electrons. The van der Waals surface area contributed by atoms with Crippen LogP contribution in [0.4, 0.5) is 11.6 Å². The highest BCUT2D eigenvalue weighted by Crippen LogP contribution is 2.25. The van der Waals surface area contributed by atoms with E-state index < -0.39 is 0 Å². The molecule has 36 heavy (non-hydrogen) atoms. The number of hydrogen-bond acceptors (Lipinski definition) is 5. The number of amides is 2. The van der Waals surface area contributed by atoms with E-state index in [1.54, 1.807) is 30.5 Å². The number of aromatic nitrogens is 3. The molecule has 1 aromatic carbocycles. The summed E-state index contributed by atoms with van der Waals surface area (Å²) < 4.78 is 1.85. The summed E-state index contributed by atoms with van der Waals surface area (Å²) >= 11 is 0. The molecule has 8 heteroatoms. The summed E-state index contributed by atoms with van der Waals surface area (Å²) in [5.74, 6) is 0.170. The van der Waals surface area contributed by atoms with Gasteiger partial charge in [-0.05, 0) is 74.8 Å². The second-order valence-corrected chi connectivity index (χ2v) is 8.85. The molecular weight excluding hydrogens is 452 g/mol. The van der Waals surface area contributed by atoms with Crippen molar-refractivity contribution in [3.05, 3.63) is 100 Å². The van der Waals surface area contributed by atoms with Crippen LogP contribution >= 0.6 is 0 Å². The molecule has 0 saturated heterocycles. The van der Waals surface area contributed by atoms with Gasteiger partial charge in [-0.15, -0.1) is 16.6 Å². The highest BCUT2D eigenvalue weighted by molar-refractivity contribution is 5.98. The molecule has 3 aromatic rings. The minimum absolute atomic E-state index is 0.0860. The Kier molecular flexibility index (Phi) is 6.37. The van der Waals surface area contributed by atoms with Gasteiger partial charge in [-0.25, -0.2) is 0 Å². The standard InChI is InChI=1S/C28H26N6O2/c1-18-10-11-21(26(35)31-22-12-13-22)14-25(18)32-28-33-30-17-23-15-24(19(2)34(23)28)27(36)29-16-20-8-6-4-3-5-7-9-20/h4-8,10-11,14-15,17,22H,12-13,16H2,1-2H3,(H,29,36)(H,31,35)(H,32,33)/b8-6-. The Hall–Kier alpha value is -4.64. The third-order valence-electron chi connectivity index (χ3n) is 6.11. The topological polar surface area (TPSA) is 100 Å². The average molecular weight is 479 g/mol. The molecule has 1 saturated carbocycles. The first kappa shape index (κ1) is 23.1. The number of fused-ring (bicyclic) bond motifs is 1. The van der Waals surface area contributed by atoms with E-state index in [1.165, 1.54) is 0 Å². The summed E-state index contributed by atoms with van der Waals surface area (Å²) in [6.45, 7) is 4.17. The predicted molar refractivity (Wildman–Crippen MR) is 138 cm³/mol. The number of nitrogens with zero attached hydrogens (tertiary/aromatic N) is 3. The zero-order valence-electron chi connectivity index (χ0n) is 20.1. The highest BCUT2D eigenvalue weighted by atomic mass is 16.2. The molecule has 8 nitrogen and oxygen atoms in total. The van der Waals surface area contributed by atoms with Gasteiger partial charge in [-0.3, -0.25) is 14.0 Å². The van der Waals surface area contributed by atoms with Crippen LogP contribution in [0.25, 0.3) is 5.52 Å². The molecule has 2 aliphatic rings. The largest absolute Gasteiger partial charge is 0.349 e. The Labute approximate surface area is 208 Å². The third kappa shape index (κ3) is 5.05. The van der Waals surface area contributed by atoms with Crippen molar-refractivity contribution in [2.24, 2.45) is 0 Å². The molecule has 2 aromatic heterocycles. The van der Waals surface area contributed by atoms with Crippen molar-refractivity contribution in [1.82, 2.24) is 25.2 Å². The maximum absolute atomic E-state index is 13.0. The second-order valence-electron chi connectivity index (χ2n) is 8.85. The number of aryl methyl sites for hydroxylation is 2. The fourth-order valence-corrected chi connectivity index (χ4v) is 3.92. The average Bonchev–Trinajstić information content (AvgIpc) is 3.60. The van der Waals surface area contributed by atoms with Crippen molar-refractivity contribution in [1.29, 1.82) is 0 Å². The van der Waals surface area contributed by atoms with Crippen LogP contribution in [0.5, 0.6) is 0 Å². The van der Waals surface area contributed by atoms with Crippen LogP contribution in [0.15, 0.2) is 77.9 Å². The summed E-state index contributed by atoms with van der Waals surface area (Å²) in [7, 11) is 0. The summed E-state index contributed by atoms with van der Waals surface area (Å²) in [6.07, 6.45) is 12.8. The molecule has 180 valence electrons. The minimum atomic E-state index is -0.201. The maximum atomic E-state index is 13.0. The highest BCUT2D eigenvalue weighted by Gasteiger charge is 2.24. The van der Waals surface area contributed by atoms with E-state index in [4.69, 9.17) is 0 Å². The minimum Gasteiger partial charge on any atom is -0.349 e. The Morgan fingerprint density at radius 3 is 2.81 bits per heavy atom. The Morgan fingerprint density at radius 2 is 1.97 bits per heavy atom. The van der Waals surface area contributed by atoms with E-state index in [9.17, 15) is 9.59 Å². The smallest absolute Gasteiger partial charge is 0.253 e. The van der Waals surface area contributed by atoms with Gasteiger partial charge in [-0.1, -0.05) is 12.1 Å². The molecule has 2 aliphatic carbocycles. The Bertz CT molecular complexity index is 1530. The van der Waals surface area contributed by atoms with E-state index in [-0.39, 0.29) is 17.9 Å². The lowest BCUT2D eigenvalue weighted by atomic mass is 10.1. The fraction of sp³-hybridized carbons (Fsp3) is 0.214. The van der Waals surface area contributed by atoms with Crippen molar-refractivity contribution >= 4 is 29.0 Å². The molecule has 5 rings (SSSR count). The first-order valence-electron chi connectivity index (χ1n) is 11.8. The number of anilines is 2. The van der Waals surface area contributed by atoms with Crippen molar-refractivity contribution in [3.63, 3.8) is 0 Å². The molecule has 1 fully saturated rings.